The van der Waals surface area contributed by atoms with E-state index in [1.165, 1.54) is 11.8 Å². The monoisotopic (exact) mass is 508 g/mol. The lowest BCUT2D eigenvalue weighted by molar-refractivity contribution is -0.141. The fraction of sp³-hybridized carbons (Fsp3) is 0.542. The number of thioether (sulfide) groups is 1. The molecule has 2 saturated heterocycles. The maximum Gasteiger partial charge on any atom is 0.433 e. The summed E-state index contributed by atoms with van der Waals surface area (Å²) in [5.74, 6) is 0.734. The molecule has 3 heterocycles. The maximum atomic E-state index is 13.5. The fourth-order valence-corrected chi connectivity index (χ4v) is 4.97. The van der Waals surface area contributed by atoms with E-state index in [4.69, 9.17) is 0 Å². The number of carbonyl (C=O) groups excluding carboxylic acids is 1. The molecule has 190 valence electrons. The molecule has 11 heteroatoms. The number of carbonyl (C=O) groups is 1. The predicted octanol–water partition coefficient (Wildman–Crippen LogP) is 3.32. The lowest BCUT2D eigenvalue weighted by Crippen LogP contribution is -2.47. The van der Waals surface area contributed by atoms with E-state index in [9.17, 15) is 18.0 Å². The Morgan fingerprint density at radius 2 is 1.63 bits per heavy atom. The van der Waals surface area contributed by atoms with Crippen LogP contribution in [0.5, 0.6) is 0 Å². The first-order valence-electron chi connectivity index (χ1n) is 11.9. The van der Waals surface area contributed by atoms with Crippen LogP contribution in [-0.2, 0) is 11.9 Å². The summed E-state index contributed by atoms with van der Waals surface area (Å²) in [5.41, 5.74) is 0.590. The molecule has 35 heavy (non-hydrogen) atoms. The standard InChI is InChI=1S/C24H31F3N6OS/c1-3-31-10-14-32(15-11-31)21-16-20(24(25,26)27)28-23(29-21)35-17-18-4-6-19(7-5-18)22(34)33-12-8-30(2)9-13-33/h4-7,16H,3,8-15,17H2,1-2H3. The zero-order valence-electron chi connectivity index (χ0n) is 20.1. The molecule has 0 N–H and O–H groups in total. The van der Waals surface area contributed by atoms with E-state index in [0.29, 0.717) is 43.3 Å². The Kier molecular flexibility index (Phi) is 8.18. The molecule has 0 spiro atoms. The first kappa shape index (κ1) is 25.7. The van der Waals surface area contributed by atoms with Crippen molar-refractivity contribution in [3.05, 3.63) is 47.2 Å². The molecule has 7 nitrogen and oxygen atoms in total. The first-order chi connectivity index (χ1) is 16.7. The summed E-state index contributed by atoms with van der Waals surface area (Å²) in [6.07, 6.45) is -4.54. The highest BCUT2D eigenvalue weighted by Crippen LogP contribution is 2.32. The molecule has 1 aromatic heterocycles. The predicted molar refractivity (Wildman–Crippen MR) is 131 cm³/mol. The zero-order chi connectivity index (χ0) is 25.0. The molecular formula is C24H31F3N6OS. The van der Waals surface area contributed by atoms with Gasteiger partial charge in [0, 0.05) is 69.7 Å². The van der Waals surface area contributed by atoms with Crippen molar-refractivity contribution in [2.75, 3.05) is 70.9 Å². The Hall–Kier alpha value is -2.37. The van der Waals surface area contributed by atoms with Gasteiger partial charge in [0.2, 0.25) is 0 Å². The third kappa shape index (κ3) is 6.65. The average molecular weight is 509 g/mol. The molecule has 0 aliphatic carbocycles. The van der Waals surface area contributed by atoms with E-state index in [1.54, 1.807) is 12.1 Å². The Balaban J connectivity index is 1.42. The minimum Gasteiger partial charge on any atom is -0.354 e. The third-order valence-corrected chi connectivity index (χ3v) is 7.40. The van der Waals surface area contributed by atoms with Crippen LogP contribution >= 0.6 is 11.8 Å². The van der Waals surface area contributed by atoms with Crippen LogP contribution in [0, 0.1) is 0 Å². The van der Waals surface area contributed by atoms with Gasteiger partial charge in [-0.2, -0.15) is 13.2 Å². The number of rotatable bonds is 6. The molecule has 2 fully saturated rings. The molecule has 0 unspecified atom stereocenters. The van der Waals surface area contributed by atoms with E-state index in [0.717, 1.165) is 44.4 Å². The summed E-state index contributed by atoms with van der Waals surface area (Å²) in [4.78, 5) is 29.1. The molecule has 1 aromatic carbocycles. The van der Waals surface area contributed by atoms with Crippen molar-refractivity contribution in [1.82, 2.24) is 24.7 Å². The number of benzene rings is 1. The summed E-state index contributed by atoms with van der Waals surface area (Å²) in [5, 5.41) is 0.102. The van der Waals surface area contributed by atoms with Gasteiger partial charge < -0.3 is 19.6 Å². The van der Waals surface area contributed by atoms with Crippen molar-refractivity contribution >= 4 is 23.5 Å². The number of amides is 1. The van der Waals surface area contributed by atoms with Crippen LogP contribution in [0.3, 0.4) is 0 Å². The van der Waals surface area contributed by atoms with Gasteiger partial charge in [-0.25, -0.2) is 9.97 Å². The summed E-state index contributed by atoms with van der Waals surface area (Å²) in [6, 6.07) is 8.29. The molecular weight excluding hydrogens is 477 g/mol. The third-order valence-electron chi connectivity index (χ3n) is 6.49. The van der Waals surface area contributed by atoms with E-state index in [2.05, 4.69) is 26.7 Å². The van der Waals surface area contributed by atoms with Crippen molar-refractivity contribution in [2.24, 2.45) is 0 Å². The summed E-state index contributed by atoms with van der Waals surface area (Å²) >= 11 is 1.17. The van der Waals surface area contributed by atoms with Gasteiger partial charge in [0.05, 0.1) is 0 Å². The highest BCUT2D eigenvalue weighted by Gasteiger charge is 2.34. The molecule has 0 bridgehead atoms. The fourth-order valence-electron chi connectivity index (χ4n) is 4.16. The normalized spacial score (nSPS) is 18.2. The highest BCUT2D eigenvalue weighted by molar-refractivity contribution is 7.98. The van der Waals surface area contributed by atoms with Gasteiger partial charge in [-0.3, -0.25) is 4.79 Å². The van der Waals surface area contributed by atoms with Crippen LogP contribution in [0.1, 0.15) is 28.5 Å². The van der Waals surface area contributed by atoms with Gasteiger partial charge in [-0.1, -0.05) is 30.8 Å². The van der Waals surface area contributed by atoms with Crippen molar-refractivity contribution in [3.63, 3.8) is 0 Å². The Labute approximate surface area is 208 Å². The average Bonchev–Trinajstić information content (AvgIpc) is 2.87. The lowest BCUT2D eigenvalue weighted by atomic mass is 10.1. The van der Waals surface area contributed by atoms with Gasteiger partial charge in [0.1, 0.15) is 5.82 Å². The number of hydrogen-bond donors (Lipinski definition) is 0. The number of piperazine rings is 2. The number of alkyl halides is 3. The van der Waals surface area contributed by atoms with E-state index >= 15 is 0 Å². The van der Waals surface area contributed by atoms with Crippen LogP contribution in [0.2, 0.25) is 0 Å². The minimum absolute atomic E-state index is 0.00586. The van der Waals surface area contributed by atoms with Gasteiger partial charge in [0.15, 0.2) is 10.9 Å². The second-order valence-electron chi connectivity index (χ2n) is 8.89. The molecule has 2 aliphatic rings. The topological polar surface area (TPSA) is 55.8 Å². The minimum atomic E-state index is -4.54. The molecule has 0 atom stereocenters. The zero-order valence-corrected chi connectivity index (χ0v) is 20.9. The van der Waals surface area contributed by atoms with Crippen LogP contribution < -0.4 is 4.90 Å². The van der Waals surface area contributed by atoms with E-state index < -0.39 is 11.9 Å². The summed E-state index contributed by atoms with van der Waals surface area (Å²) in [7, 11) is 2.04. The smallest absolute Gasteiger partial charge is 0.354 e. The molecule has 2 aliphatic heterocycles. The number of halogens is 3. The second kappa shape index (κ2) is 11.1. The largest absolute Gasteiger partial charge is 0.433 e. The number of anilines is 1. The van der Waals surface area contributed by atoms with Crippen LogP contribution in [0.25, 0.3) is 0 Å². The van der Waals surface area contributed by atoms with Crippen LogP contribution in [-0.4, -0.2) is 96.5 Å². The number of aromatic nitrogens is 2. The van der Waals surface area contributed by atoms with Crippen LogP contribution in [0.4, 0.5) is 19.0 Å². The van der Waals surface area contributed by atoms with Crippen molar-refractivity contribution in [1.29, 1.82) is 0 Å². The van der Waals surface area contributed by atoms with Crippen molar-refractivity contribution in [2.45, 2.75) is 24.0 Å². The lowest BCUT2D eigenvalue weighted by Gasteiger charge is -2.35. The van der Waals surface area contributed by atoms with E-state index in [-0.39, 0.29) is 11.1 Å². The molecule has 0 radical (unpaired) electrons. The van der Waals surface area contributed by atoms with Crippen LogP contribution in [0.15, 0.2) is 35.5 Å². The van der Waals surface area contributed by atoms with Gasteiger partial charge in [0.25, 0.3) is 5.91 Å². The SMILES string of the molecule is CCN1CCN(c2cc(C(F)(F)F)nc(SCc3ccc(C(=O)N4CCN(C)CC4)cc3)n2)CC1. The second-order valence-corrected chi connectivity index (χ2v) is 9.84. The molecule has 1 amide bonds. The van der Waals surface area contributed by atoms with Gasteiger partial charge in [-0.15, -0.1) is 0 Å². The Bertz CT molecular complexity index is 1000. The number of likely N-dealkylation sites (N-methyl/N-ethyl adjacent to an activating group) is 2. The Morgan fingerprint density at radius 1 is 0.971 bits per heavy atom. The van der Waals surface area contributed by atoms with E-state index in [1.807, 2.05) is 29.0 Å². The Morgan fingerprint density at radius 3 is 2.23 bits per heavy atom. The number of nitrogens with zero attached hydrogens (tertiary/aromatic N) is 6. The first-order valence-corrected chi connectivity index (χ1v) is 12.8. The molecule has 2 aromatic rings. The number of hydrogen-bond acceptors (Lipinski definition) is 7. The highest BCUT2D eigenvalue weighted by atomic mass is 32.2. The van der Waals surface area contributed by atoms with Gasteiger partial charge in [-0.05, 0) is 31.3 Å². The molecule has 0 saturated carbocycles. The van der Waals surface area contributed by atoms with Crippen molar-refractivity contribution in [3.8, 4) is 0 Å². The summed E-state index contributed by atoms with van der Waals surface area (Å²) in [6.45, 7) is 8.97. The summed E-state index contributed by atoms with van der Waals surface area (Å²) < 4.78 is 40.6. The van der Waals surface area contributed by atoms with Gasteiger partial charge >= 0.3 is 6.18 Å². The maximum absolute atomic E-state index is 13.5. The quantitative estimate of drug-likeness (QED) is 0.438. The van der Waals surface area contributed by atoms with Crippen molar-refractivity contribution < 1.29 is 18.0 Å². The molecule has 4 rings (SSSR count).